The molecule has 5 aromatic carbocycles. The van der Waals surface area contributed by atoms with E-state index < -0.39 is 0 Å². The second-order valence-electron chi connectivity index (χ2n) is 13.2. The van der Waals surface area contributed by atoms with Gasteiger partial charge in [-0.3, -0.25) is 15.0 Å². The van der Waals surface area contributed by atoms with Crippen molar-refractivity contribution in [3.05, 3.63) is 182 Å². The van der Waals surface area contributed by atoms with Crippen LogP contribution < -0.4 is 0 Å². The first-order valence-corrected chi connectivity index (χ1v) is 16.8. The van der Waals surface area contributed by atoms with Gasteiger partial charge in [-0.1, -0.05) is 56.3 Å². The summed E-state index contributed by atoms with van der Waals surface area (Å²) >= 11 is 0. The molecule has 0 aliphatic carbocycles. The number of benzene rings is 5. The van der Waals surface area contributed by atoms with Gasteiger partial charge in [0.2, 0.25) is 0 Å². The maximum Gasteiger partial charge on any atom is 2.00 e. The fourth-order valence-electron chi connectivity index (χ4n) is 7.59. The van der Waals surface area contributed by atoms with E-state index in [1.165, 1.54) is 66.3 Å². The molecule has 10 rings (SSSR count). The van der Waals surface area contributed by atoms with Gasteiger partial charge in [0.05, 0.1) is 22.9 Å². The largest absolute Gasteiger partial charge is 2.00 e. The standard InChI is InChI=1S/C26H19N2.C20H13N2.U/c1-26(2)21-10-6-7-11-23(21)28-24-16-27-13-12-19(24)20-14-18(15-22(26)25(20)28)17-8-4-3-5-9-17;1-2-5-15(6-3-1)17-8-9-18(16-7-4-11-21-13-16)20-14-22-12-10-19(17)20;/h4-16H,1-2H3;2-14H;/q2*-1;+2. The molecule has 51 heavy (non-hydrogen) atoms. The maximum absolute atomic E-state index is 4.44. The number of hydrogen-bond acceptors (Lipinski definition) is 3. The Hall–Kier alpha value is -5.34. The molecule has 5 heterocycles. The third-order valence-electron chi connectivity index (χ3n) is 10.0. The Kier molecular flexibility index (Phi) is 8.64. The van der Waals surface area contributed by atoms with Gasteiger partial charge in [0, 0.05) is 58.1 Å². The molecule has 0 unspecified atom stereocenters. The average molecular weight is 879 g/mol. The molecule has 0 saturated carbocycles. The molecular formula is C46H32N4U. The molecule has 0 saturated heterocycles. The average Bonchev–Trinajstić information content (AvgIpc) is 3.52. The molecule has 0 fully saturated rings. The Morgan fingerprint density at radius 2 is 1.18 bits per heavy atom. The summed E-state index contributed by atoms with van der Waals surface area (Å²) < 4.78 is 2.40. The van der Waals surface area contributed by atoms with Gasteiger partial charge in [0.1, 0.15) is 0 Å². The number of pyridine rings is 3. The molecule has 4 aromatic heterocycles. The van der Waals surface area contributed by atoms with Crippen molar-refractivity contribution < 1.29 is 31.1 Å². The van der Waals surface area contributed by atoms with E-state index in [-0.39, 0.29) is 36.5 Å². The van der Waals surface area contributed by atoms with Gasteiger partial charge >= 0.3 is 31.1 Å². The van der Waals surface area contributed by atoms with Crippen LogP contribution in [0, 0.1) is 43.2 Å². The van der Waals surface area contributed by atoms with Crippen molar-refractivity contribution >= 4 is 32.6 Å². The van der Waals surface area contributed by atoms with Crippen LogP contribution >= 0.6 is 0 Å². The first-order valence-electron chi connectivity index (χ1n) is 16.8. The molecule has 9 aromatic rings. The van der Waals surface area contributed by atoms with Gasteiger partial charge in [0.15, 0.2) is 0 Å². The third kappa shape index (κ3) is 5.58. The van der Waals surface area contributed by atoms with E-state index in [9.17, 15) is 0 Å². The van der Waals surface area contributed by atoms with Gasteiger partial charge in [-0.2, -0.15) is 60.7 Å². The summed E-state index contributed by atoms with van der Waals surface area (Å²) in [5.74, 6) is 0. The second-order valence-corrected chi connectivity index (χ2v) is 13.2. The van der Waals surface area contributed by atoms with Crippen LogP contribution in [0.3, 0.4) is 0 Å². The number of aromatic nitrogens is 4. The topological polar surface area (TPSA) is 43.6 Å². The molecule has 240 valence electrons. The van der Waals surface area contributed by atoms with Gasteiger partial charge in [-0.15, -0.1) is 11.1 Å². The van der Waals surface area contributed by atoms with Crippen molar-refractivity contribution in [3.8, 4) is 39.1 Å². The van der Waals surface area contributed by atoms with Gasteiger partial charge in [-0.05, 0) is 63.5 Å². The summed E-state index contributed by atoms with van der Waals surface area (Å²) in [6.45, 7) is 4.67. The van der Waals surface area contributed by atoms with Crippen molar-refractivity contribution in [2.24, 2.45) is 0 Å². The molecule has 1 aliphatic rings. The van der Waals surface area contributed by atoms with Crippen LogP contribution in [0.1, 0.15) is 25.0 Å². The minimum Gasteiger partial charge on any atom is -0.307 e. The minimum atomic E-state index is -0.0798. The van der Waals surface area contributed by atoms with Crippen LogP contribution in [0.5, 0.6) is 0 Å². The first kappa shape index (κ1) is 32.8. The van der Waals surface area contributed by atoms with Crippen molar-refractivity contribution in [1.29, 1.82) is 0 Å². The molecule has 0 amide bonds. The van der Waals surface area contributed by atoms with E-state index in [0.717, 1.165) is 16.5 Å². The first-order chi connectivity index (χ1) is 24.6. The molecule has 4 nitrogen and oxygen atoms in total. The quantitative estimate of drug-likeness (QED) is 0.166. The van der Waals surface area contributed by atoms with Crippen molar-refractivity contribution in [2.45, 2.75) is 19.3 Å². The van der Waals surface area contributed by atoms with E-state index in [2.05, 4.69) is 136 Å². The molecule has 0 atom stereocenters. The molecule has 0 spiro atoms. The smallest absolute Gasteiger partial charge is 0.307 e. The van der Waals surface area contributed by atoms with Crippen LogP contribution in [0.4, 0.5) is 0 Å². The van der Waals surface area contributed by atoms with Crippen molar-refractivity contribution in [3.63, 3.8) is 0 Å². The normalized spacial score (nSPS) is 12.5. The van der Waals surface area contributed by atoms with Crippen LogP contribution in [0.2, 0.25) is 0 Å². The van der Waals surface area contributed by atoms with Crippen LogP contribution in [-0.4, -0.2) is 19.5 Å². The Morgan fingerprint density at radius 3 is 1.92 bits per heavy atom. The summed E-state index contributed by atoms with van der Waals surface area (Å²) in [6.07, 6.45) is 11.3. The zero-order valence-corrected chi connectivity index (χ0v) is 32.5. The number of hydrogen-bond donors (Lipinski definition) is 0. The fourth-order valence-corrected chi connectivity index (χ4v) is 7.59. The van der Waals surface area contributed by atoms with Crippen molar-refractivity contribution in [2.75, 3.05) is 0 Å². The molecular weight excluding hydrogens is 847 g/mol. The third-order valence-corrected chi connectivity index (χ3v) is 10.0. The minimum absolute atomic E-state index is 0. The zero-order chi connectivity index (χ0) is 33.7. The number of fused-ring (bicyclic) bond motifs is 6. The summed E-state index contributed by atoms with van der Waals surface area (Å²) in [5, 5.41) is 4.88. The number of rotatable bonds is 3. The van der Waals surface area contributed by atoms with Crippen LogP contribution in [-0.2, 0) is 5.41 Å². The van der Waals surface area contributed by atoms with Gasteiger partial charge in [-0.25, -0.2) is 0 Å². The van der Waals surface area contributed by atoms with E-state index in [1.54, 1.807) is 6.20 Å². The van der Waals surface area contributed by atoms with E-state index >= 15 is 0 Å². The maximum atomic E-state index is 4.44. The Morgan fingerprint density at radius 1 is 0.510 bits per heavy atom. The van der Waals surface area contributed by atoms with E-state index in [4.69, 9.17) is 0 Å². The van der Waals surface area contributed by atoms with E-state index in [0.29, 0.717) is 0 Å². The SMILES string of the molecule is CC1(C)c2ccccc2-n2c3cnccc3c3cc(-c4cc[c-]cc4)cc1c32.[U+2].[c-]1ccc(-c2ccc(-c3cccnc3)c3cnccc23)cc1. The fraction of sp³-hybridized carbons (Fsp3) is 0.0652. The van der Waals surface area contributed by atoms with Crippen LogP contribution in [0.15, 0.2) is 159 Å². The molecule has 5 heteroatoms. The molecule has 0 bridgehead atoms. The summed E-state index contributed by atoms with van der Waals surface area (Å²) in [7, 11) is 0. The molecule has 0 radical (unpaired) electrons. The predicted octanol–water partition coefficient (Wildman–Crippen LogP) is 11.0. The summed E-state index contributed by atoms with van der Waals surface area (Å²) in [6, 6.07) is 48.5. The monoisotopic (exact) mass is 878 g/mol. The number of para-hydroxylation sites is 1. The van der Waals surface area contributed by atoms with E-state index in [1.807, 2.05) is 61.3 Å². The zero-order valence-electron chi connectivity index (χ0n) is 28.3. The predicted molar refractivity (Wildman–Crippen MR) is 204 cm³/mol. The Labute approximate surface area is 321 Å². The summed E-state index contributed by atoms with van der Waals surface area (Å²) in [4.78, 5) is 13.0. The van der Waals surface area contributed by atoms with Gasteiger partial charge in [0.25, 0.3) is 0 Å². The van der Waals surface area contributed by atoms with Crippen LogP contribution in [0.25, 0.3) is 71.6 Å². The second kappa shape index (κ2) is 13.4. The molecule has 1 aliphatic heterocycles. The Balaban J connectivity index is 0.000000148. The van der Waals surface area contributed by atoms with Gasteiger partial charge < -0.3 is 4.57 Å². The molecule has 0 N–H and O–H groups in total. The van der Waals surface area contributed by atoms with Crippen molar-refractivity contribution in [1.82, 2.24) is 19.5 Å². The Bertz CT molecular complexity index is 2590. The summed E-state index contributed by atoms with van der Waals surface area (Å²) in [5.41, 5.74) is 13.5. The number of nitrogens with zero attached hydrogens (tertiary/aromatic N) is 4.